The number of ether oxygens (including phenoxy) is 2. The molecule has 9 nitrogen and oxygen atoms in total. The van der Waals surface area contributed by atoms with Gasteiger partial charge in [-0.05, 0) is 48.4 Å². The van der Waals surface area contributed by atoms with Crippen molar-refractivity contribution < 1.29 is 9.47 Å². The van der Waals surface area contributed by atoms with E-state index in [1.54, 1.807) is 43.2 Å². The molecule has 0 radical (unpaired) electrons. The largest absolute Gasteiger partial charge is 0.497 e. The Bertz CT molecular complexity index is 1500. The van der Waals surface area contributed by atoms with Crippen molar-refractivity contribution in [1.29, 1.82) is 0 Å². The number of nitrogens with two attached hydrogens (primary N) is 1. The predicted molar refractivity (Wildman–Crippen MR) is 132 cm³/mol. The average Bonchev–Trinajstić information content (AvgIpc) is 3.26. The van der Waals surface area contributed by atoms with Gasteiger partial charge in [0.1, 0.15) is 17.2 Å². The maximum absolute atomic E-state index is 12.4. The quantitative estimate of drug-likeness (QED) is 0.302. The van der Waals surface area contributed by atoms with Gasteiger partial charge in [0, 0.05) is 23.0 Å². The molecule has 0 atom stereocenters. The molecule has 0 bridgehead atoms. The van der Waals surface area contributed by atoms with Crippen LogP contribution in [0.15, 0.2) is 72.2 Å². The Labute approximate surface area is 195 Å². The van der Waals surface area contributed by atoms with Crippen molar-refractivity contribution in [3.63, 3.8) is 0 Å². The number of hydrogen-bond acceptors (Lipinski definition) is 7. The van der Waals surface area contributed by atoms with E-state index in [2.05, 4.69) is 45.6 Å². The first-order valence-corrected chi connectivity index (χ1v) is 10.1. The van der Waals surface area contributed by atoms with E-state index in [0.29, 0.717) is 39.5 Å². The molecular formula is C25H22N6O3. The molecule has 4 aromatic rings. The van der Waals surface area contributed by atoms with Crippen LogP contribution in [0.4, 0.5) is 11.5 Å². The number of nitrogens with zero attached hydrogens (tertiary/aromatic N) is 3. The molecule has 0 fully saturated rings. The van der Waals surface area contributed by atoms with Crippen LogP contribution in [0, 0.1) is 11.8 Å². The molecule has 0 spiro atoms. The Morgan fingerprint density at radius 3 is 2.44 bits per heavy atom. The van der Waals surface area contributed by atoms with E-state index in [1.165, 1.54) is 0 Å². The van der Waals surface area contributed by atoms with Crippen LogP contribution in [-0.4, -0.2) is 34.2 Å². The van der Waals surface area contributed by atoms with Gasteiger partial charge in [-0.15, -0.1) is 0 Å². The summed E-state index contributed by atoms with van der Waals surface area (Å²) >= 11 is 0. The van der Waals surface area contributed by atoms with Gasteiger partial charge in [0.05, 0.1) is 25.3 Å². The molecule has 34 heavy (non-hydrogen) atoms. The normalized spacial score (nSPS) is 10.3. The first-order valence-electron chi connectivity index (χ1n) is 10.1. The lowest BCUT2D eigenvalue weighted by molar-refractivity contribution is 0.394. The number of hydrogen-bond donors (Lipinski definition) is 3. The molecular weight excluding hydrogens is 432 g/mol. The topological polar surface area (TPSA) is 120 Å². The number of methoxy groups -OCH3 is 2. The maximum atomic E-state index is 12.4. The monoisotopic (exact) mass is 454 g/mol. The summed E-state index contributed by atoms with van der Waals surface area (Å²) in [5, 5.41) is 14.2. The molecule has 170 valence electrons. The van der Waals surface area contributed by atoms with Gasteiger partial charge in [0.15, 0.2) is 11.3 Å². The number of anilines is 2. The molecule has 2 heterocycles. The van der Waals surface area contributed by atoms with Crippen LogP contribution >= 0.6 is 0 Å². The van der Waals surface area contributed by atoms with Gasteiger partial charge < -0.3 is 20.5 Å². The summed E-state index contributed by atoms with van der Waals surface area (Å²) in [4.78, 5) is 12.4. The van der Waals surface area contributed by atoms with Crippen molar-refractivity contribution in [2.75, 3.05) is 25.3 Å². The highest BCUT2D eigenvalue weighted by Crippen LogP contribution is 2.25. The number of H-pyrrole nitrogens is 1. The number of aromatic nitrogens is 4. The lowest BCUT2D eigenvalue weighted by atomic mass is 10.1. The van der Waals surface area contributed by atoms with Crippen LogP contribution in [-0.2, 0) is 0 Å². The van der Waals surface area contributed by atoms with Gasteiger partial charge in [-0.25, -0.2) is 9.78 Å². The van der Waals surface area contributed by atoms with Crippen LogP contribution in [0.5, 0.6) is 11.5 Å². The Hall–Kier alpha value is -4.97. The summed E-state index contributed by atoms with van der Waals surface area (Å²) < 4.78 is 12.2. The van der Waals surface area contributed by atoms with E-state index in [9.17, 15) is 4.79 Å². The van der Waals surface area contributed by atoms with Crippen LogP contribution in [0.2, 0.25) is 0 Å². The lowest BCUT2D eigenvalue weighted by Gasteiger charge is -2.08. The van der Waals surface area contributed by atoms with Crippen molar-refractivity contribution in [1.82, 2.24) is 20.0 Å². The number of rotatable bonds is 6. The third-order valence-corrected chi connectivity index (χ3v) is 4.97. The van der Waals surface area contributed by atoms with Gasteiger partial charge in [0.25, 0.3) is 5.56 Å². The molecule has 9 heteroatoms. The summed E-state index contributed by atoms with van der Waals surface area (Å²) in [6.07, 6.45) is 1.62. The minimum absolute atomic E-state index is 0.119. The second kappa shape index (κ2) is 9.26. The van der Waals surface area contributed by atoms with Gasteiger partial charge in [0.2, 0.25) is 0 Å². The van der Waals surface area contributed by atoms with Crippen LogP contribution in [0.3, 0.4) is 0 Å². The van der Waals surface area contributed by atoms with E-state index in [4.69, 9.17) is 15.2 Å². The second-order valence-corrected chi connectivity index (χ2v) is 7.17. The number of allylic oxidation sites excluding steroid dienone is 1. The smallest absolute Gasteiger partial charge is 0.292 e. The van der Waals surface area contributed by atoms with E-state index in [1.807, 2.05) is 24.3 Å². The highest BCUT2D eigenvalue weighted by atomic mass is 16.5. The van der Waals surface area contributed by atoms with E-state index < -0.39 is 5.56 Å². The van der Waals surface area contributed by atoms with Crippen LogP contribution < -0.4 is 26.1 Å². The van der Waals surface area contributed by atoms with Gasteiger partial charge in [-0.3, -0.25) is 4.79 Å². The SMILES string of the molecule is C=CC(=C)Nc1ccc(-n2nc3c(=O)[nH]nc(N)c3c2C#Cc2cc(OC)cc(OC)c2)cc1. The third-order valence-electron chi connectivity index (χ3n) is 4.97. The Balaban J connectivity index is 1.87. The molecule has 0 aliphatic rings. The van der Waals surface area contributed by atoms with Crippen LogP contribution in [0.25, 0.3) is 16.6 Å². The number of nitrogen functional groups attached to an aromatic ring is 1. The Kier molecular flexibility index (Phi) is 6.05. The van der Waals surface area contributed by atoms with E-state index in [0.717, 1.165) is 5.69 Å². The molecule has 0 aliphatic carbocycles. The second-order valence-electron chi connectivity index (χ2n) is 7.17. The van der Waals surface area contributed by atoms with Gasteiger partial charge >= 0.3 is 0 Å². The average molecular weight is 454 g/mol. The minimum Gasteiger partial charge on any atom is -0.497 e. The van der Waals surface area contributed by atoms with E-state index in [-0.39, 0.29) is 11.3 Å². The third kappa shape index (κ3) is 4.33. The Morgan fingerprint density at radius 1 is 1.15 bits per heavy atom. The molecule has 4 rings (SSSR count). The molecule has 2 aromatic carbocycles. The maximum Gasteiger partial charge on any atom is 0.292 e. The summed E-state index contributed by atoms with van der Waals surface area (Å²) in [6, 6.07) is 12.7. The molecule has 0 amide bonds. The summed E-state index contributed by atoms with van der Waals surface area (Å²) in [7, 11) is 3.13. The van der Waals surface area contributed by atoms with Crippen molar-refractivity contribution >= 4 is 22.4 Å². The summed E-state index contributed by atoms with van der Waals surface area (Å²) in [6.45, 7) is 7.53. The number of aromatic amines is 1. The minimum atomic E-state index is -0.463. The van der Waals surface area contributed by atoms with Crippen molar-refractivity contribution in [3.8, 4) is 29.0 Å². The highest BCUT2D eigenvalue weighted by Gasteiger charge is 2.17. The zero-order chi connectivity index (χ0) is 24.2. The molecule has 0 saturated carbocycles. The first kappa shape index (κ1) is 22.2. The Morgan fingerprint density at radius 2 is 1.82 bits per heavy atom. The van der Waals surface area contributed by atoms with Crippen molar-refractivity contribution in [2.45, 2.75) is 0 Å². The summed E-state index contributed by atoms with van der Waals surface area (Å²) in [5.41, 5.74) is 9.02. The standard InChI is InChI=1S/C25H22N6O3/c1-5-15(2)27-17-7-9-18(10-8-17)31-21(22-23(30-31)25(32)29-28-24(22)26)11-6-16-12-19(33-3)14-20(13-16)34-4/h5,7-10,12-14,27H,1-2H2,3-4H3,(H2,26,28)(H,29,32). The zero-order valence-electron chi connectivity index (χ0n) is 18.7. The fourth-order valence-corrected chi connectivity index (χ4v) is 3.28. The van der Waals surface area contributed by atoms with Crippen LogP contribution in [0.1, 0.15) is 11.3 Å². The fraction of sp³-hybridized carbons (Fsp3) is 0.0800. The molecule has 4 N–H and O–H groups in total. The van der Waals surface area contributed by atoms with Gasteiger partial charge in [-0.1, -0.05) is 19.1 Å². The highest BCUT2D eigenvalue weighted by molar-refractivity contribution is 5.92. The number of fused-ring (bicyclic) bond motifs is 1. The molecule has 0 aliphatic heterocycles. The molecule has 2 aromatic heterocycles. The lowest BCUT2D eigenvalue weighted by Crippen LogP contribution is -2.10. The van der Waals surface area contributed by atoms with Gasteiger partial charge in [-0.2, -0.15) is 10.2 Å². The van der Waals surface area contributed by atoms with E-state index >= 15 is 0 Å². The first-order chi connectivity index (χ1) is 16.4. The zero-order valence-corrected chi connectivity index (χ0v) is 18.7. The number of nitrogens with one attached hydrogen (secondary N) is 2. The van der Waals surface area contributed by atoms with Crippen molar-refractivity contribution in [3.05, 3.63) is 89.0 Å². The number of benzene rings is 2. The fourth-order valence-electron chi connectivity index (χ4n) is 3.28. The summed E-state index contributed by atoms with van der Waals surface area (Å²) in [5.74, 6) is 7.51. The van der Waals surface area contributed by atoms with Crippen molar-refractivity contribution in [2.24, 2.45) is 0 Å². The molecule has 0 unspecified atom stereocenters. The molecule has 0 saturated heterocycles. The predicted octanol–water partition coefficient (Wildman–Crippen LogP) is 3.22.